The molecule has 2 bridgehead atoms. The van der Waals surface area contributed by atoms with E-state index < -0.39 is 5.41 Å². The number of hydrogen-bond donors (Lipinski definition) is 0. The van der Waals surface area contributed by atoms with Crippen molar-refractivity contribution < 1.29 is 14.4 Å². The Kier molecular flexibility index (Phi) is 16.4. The number of Topliss-reactive ketones (excluding diaryl/α,β-unsaturated/α-hetero) is 3. The van der Waals surface area contributed by atoms with E-state index in [4.69, 9.17) is 0 Å². The smallest absolute Gasteiger partial charge is 0.146 e. The van der Waals surface area contributed by atoms with E-state index in [2.05, 4.69) is 112 Å². The molecule has 0 heterocycles. The van der Waals surface area contributed by atoms with Crippen LogP contribution in [-0.4, -0.2) is 17.3 Å². The van der Waals surface area contributed by atoms with Crippen LogP contribution in [0, 0.1) is 48.9 Å². The number of carbonyl (C=O) groups excluding carboxylic acids is 3. The summed E-state index contributed by atoms with van der Waals surface area (Å²) >= 11 is 0. The summed E-state index contributed by atoms with van der Waals surface area (Å²) in [6.45, 7) is 14.8. The van der Waals surface area contributed by atoms with Gasteiger partial charge in [-0.05, 0) is 209 Å². The highest BCUT2D eigenvalue weighted by Gasteiger charge is 2.48. The van der Waals surface area contributed by atoms with Crippen LogP contribution in [-0.2, 0) is 40.1 Å². The van der Waals surface area contributed by atoms with E-state index in [0.717, 1.165) is 73.7 Å². The molecule has 4 fully saturated rings. The minimum atomic E-state index is -0.780. The number of fused-ring (bicyclic) bond motifs is 2. The lowest BCUT2D eigenvalue weighted by Gasteiger charge is -2.39. The van der Waals surface area contributed by atoms with Crippen LogP contribution in [0.5, 0.6) is 0 Å². The van der Waals surface area contributed by atoms with E-state index in [0.29, 0.717) is 38.0 Å². The summed E-state index contributed by atoms with van der Waals surface area (Å²) in [5, 5.41) is 0. The first kappa shape index (κ1) is 49.1. The average molecular weight is 899 g/mol. The molecule has 5 atom stereocenters. The molecular weight excluding hydrogens is 817 g/mol. The van der Waals surface area contributed by atoms with Crippen molar-refractivity contribution in [3.8, 4) is 11.1 Å². The molecule has 0 amide bonds. The minimum absolute atomic E-state index is 0.0143. The van der Waals surface area contributed by atoms with Crippen molar-refractivity contribution in [1.82, 2.24) is 0 Å². The molecule has 67 heavy (non-hydrogen) atoms. The molecule has 3 unspecified atom stereocenters. The Morgan fingerprint density at radius 1 is 0.731 bits per heavy atom. The molecule has 0 aromatic heterocycles. The van der Waals surface area contributed by atoms with Crippen LogP contribution in [0.1, 0.15) is 193 Å². The quantitative estimate of drug-likeness (QED) is 0.0449. The van der Waals surface area contributed by atoms with Gasteiger partial charge in [0.15, 0.2) is 0 Å². The molecule has 4 aromatic carbocycles. The van der Waals surface area contributed by atoms with Gasteiger partial charge in [-0.1, -0.05) is 148 Å². The predicted octanol–water partition coefficient (Wildman–Crippen LogP) is 16.2. The Bertz CT molecular complexity index is 2340. The average Bonchev–Trinajstić information content (AvgIpc) is 3.56. The number of unbranched alkanes of at least 4 members (excludes halogenated alkanes) is 1. The maximum Gasteiger partial charge on any atom is 0.146 e. The second kappa shape index (κ2) is 22.4. The van der Waals surface area contributed by atoms with Crippen LogP contribution >= 0.6 is 0 Å². The number of hydrogen-bond acceptors (Lipinski definition) is 3. The summed E-state index contributed by atoms with van der Waals surface area (Å²) in [6.07, 6.45) is 23.5. The van der Waals surface area contributed by atoms with Gasteiger partial charge in [-0.25, -0.2) is 0 Å². The van der Waals surface area contributed by atoms with E-state index in [1.54, 1.807) is 30.5 Å². The zero-order chi connectivity index (χ0) is 47.1. The van der Waals surface area contributed by atoms with Crippen molar-refractivity contribution in [2.75, 3.05) is 0 Å². The number of allylic oxidation sites excluding steroid dienone is 1. The number of benzene rings is 4. The number of carbonyl (C=O) groups is 3. The Hall–Kier alpha value is -4.37. The third-order valence-corrected chi connectivity index (χ3v) is 18.0. The third-order valence-electron chi connectivity index (χ3n) is 18.0. The zero-order valence-electron chi connectivity index (χ0n) is 42.1. The third kappa shape index (κ3) is 11.9. The lowest BCUT2D eigenvalue weighted by atomic mass is 9.62. The number of aryl methyl sites for hydroxylation is 5. The van der Waals surface area contributed by atoms with Gasteiger partial charge in [-0.3, -0.25) is 9.59 Å². The summed E-state index contributed by atoms with van der Waals surface area (Å²) in [7, 11) is 0. The molecule has 0 N–H and O–H groups in total. The number of rotatable bonds is 22. The molecule has 3 nitrogen and oxygen atoms in total. The summed E-state index contributed by atoms with van der Waals surface area (Å²) in [6, 6.07) is 33.2. The van der Waals surface area contributed by atoms with Crippen LogP contribution in [0.4, 0.5) is 0 Å². The maximum absolute atomic E-state index is 13.6. The van der Waals surface area contributed by atoms with Crippen molar-refractivity contribution >= 4 is 17.3 Å². The molecule has 4 aliphatic carbocycles. The lowest BCUT2D eigenvalue weighted by molar-refractivity contribution is -0.146. The van der Waals surface area contributed by atoms with Crippen molar-refractivity contribution in [2.45, 2.75) is 188 Å². The number of ketones is 3. The first-order valence-electron chi connectivity index (χ1n) is 27.0. The Morgan fingerprint density at radius 2 is 1.48 bits per heavy atom. The van der Waals surface area contributed by atoms with Crippen molar-refractivity contribution in [3.05, 3.63) is 142 Å². The van der Waals surface area contributed by atoms with Gasteiger partial charge in [0, 0.05) is 12.8 Å². The van der Waals surface area contributed by atoms with E-state index in [-0.39, 0.29) is 23.3 Å². The fourth-order valence-electron chi connectivity index (χ4n) is 13.6. The van der Waals surface area contributed by atoms with E-state index in [1.807, 2.05) is 0 Å². The molecular formula is C64H82O3. The molecule has 0 saturated heterocycles. The largest absolute Gasteiger partial charge is 0.300 e. The predicted molar refractivity (Wildman–Crippen MR) is 279 cm³/mol. The second-order valence-corrected chi connectivity index (χ2v) is 22.6. The van der Waals surface area contributed by atoms with E-state index in [9.17, 15) is 14.4 Å². The summed E-state index contributed by atoms with van der Waals surface area (Å²) < 4.78 is 0. The van der Waals surface area contributed by atoms with Gasteiger partial charge in [-0.15, -0.1) is 0 Å². The Labute approximate surface area is 405 Å². The van der Waals surface area contributed by atoms with E-state index >= 15 is 0 Å². The highest BCUT2D eigenvalue weighted by atomic mass is 16.2. The van der Waals surface area contributed by atoms with Gasteiger partial charge in [0.2, 0.25) is 0 Å². The standard InChI is InChI=1S/C64H82O3/c1-43-22-29-53(31-28-49-24-26-51(27-25-49)37-46(4)54(19-10-8-15-47(5)65)42-62(67)64(48(6)66)34-13-35-64)61(36-43)55-30-23-45(3)60(41-55)59-39-57-32-33-58(40-59)63(57)56-21-12-17-50(38-56)16-11-20-52-18-9-7-14-44(52)2/h12,17,21-27,29-30,36,38,41,44,52,54,57-59,63H,4,7-11,13-16,18-20,28,31-35,37,39-40,42H2,1-3,5-6H3/t44-,52?,54-,57?,58?,59?,63?/m1/s1. The molecule has 8 rings (SSSR count). The Morgan fingerprint density at radius 3 is 2.18 bits per heavy atom. The minimum Gasteiger partial charge on any atom is -0.300 e. The van der Waals surface area contributed by atoms with Crippen molar-refractivity contribution in [2.24, 2.45) is 35.0 Å². The second-order valence-electron chi connectivity index (χ2n) is 22.6. The van der Waals surface area contributed by atoms with Gasteiger partial charge in [0.25, 0.3) is 0 Å². The topological polar surface area (TPSA) is 51.2 Å². The summed E-state index contributed by atoms with van der Waals surface area (Å²) in [5.41, 5.74) is 14.5. The van der Waals surface area contributed by atoms with Gasteiger partial charge in [0.05, 0.1) is 5.41 Å². The molecule has 4 aromatic rings. The van der Waals surface area contributed by atoms with Crippen molar-refractivity contribution in [1.29, 1.82) is 0 Å². The monoisotopic (exact) mass is 899 g/mol. The van der Waals surface area contributed by atoms with Crippen LogP contribution in [0.15, 0.2) is 97.1 Å². The summed E-state index contributed by atoms with van der Waals surface area (Å²) in [4.78, 5) is 37.8. The summed E-state index contributed by atoms with van der Waals surface area (Å²) in [5.74, 6) is 5.07. The highest BCUT2D eigenvalue weighted by molar-refractivity contribution is 6.07. The van der Waals surface area contributed by atoms with Crippen LogP contribution in [0.3, 0.4) is 0 Å². The Balaban J connectivity index is 0.893. The molecule has 0 aliphatic heterocycles. The van der Waals surface area contributed by atoms with Crippen LogP contribution < -0.4 is 0 Å². The van der Waals surface area contributed by atoms with Gasteiger partial charge < -0.3 is 4.79 Å². The van der Waals surface area contributed by atoms with E-state index in [1.165, 1.54) is 110 Å². The fraction of sp³-hybridized carbons (Fsp3) is 0.547. The normalized spacial score (nSPS) is 23.6. The molecule has 0 spiro atoms. The molecule has 4 aliphatic rings. The first-order valence-corrected chi connectivity index (χ1v) is 27.0. The lowest BCUT2D eigenvalue weighted by Crippen LogP contribution is -2.44. The maximum atomic E-state index is 13.6. The molecule has 356 valence electrons. The molecule has 0 radical (unpaired) electrons. The SMILES string of the molecule is C=C(Cc1ccc(CCc2ccc(C)cc2-c2ccc(C)c(C3CC4CCC(C3)C4c3cccc(CCCC4CCCC[C@H]4C)c3)c2)cc1)[C@H](CCCCC(C)=O)CC(=O)C1(C(C)=O)CCC1. The van der Waals surface area contributed by atoms with Gasteiger partial charge in [-0.2, -0.15) is 0 Å². The van der Waals surface area contributed by atoms with Crippen LogP contribution in [0.2, 0.25) is 0 Å². The molecule has 3 heteroatoms. The highest BCUT2D eigenvalue weighted by Crippen LogP contribution is 2.57. The zero-order valence-corrected chi connectivity index (χ0v) is 42.1. The first-order chi connectivity index (χ1) is 32.4. The fourth-order valence-corrected chi connectivity index (χ4v) is 13.6. The molecule has 4 saturated carbocycles. The van der Waals surface area contributed by atoms with Gasteiger partial charge in [0.1, 0.15) is 17.3 Å². The van der Waals surface area contributed by atoms with Gasteiger partial charge >= 0.3 is 0 Å². The van der Waals surface area contributed by atoms with Crippen LogP contribution in [0.25, 0.3) is 11.1 Å². The van der Waals surface area contributed by atoms with Crippen molar-refractivity contribution in [3.63, 3.8) is 0 Å².